The van der Waals surface area contributed by atoms with Gasteiger partial charge in [0.2, 0.25) is 0 Å². The van der Waals surface area contributed by atoms with E-state index in [-0.39, 0.29) is 0 Å². The van der Waals surface area contributed by atoms with Gasteiger partial charge in [-0.3, -0.25) is 0 Å². The summed E-state index contributed by atoms with van der Waals surface area (Å²) in [5.74, 6) is 0.246. The summed E-state index contributed by atoms with van der Waals surface area (Å²) in [5.41, 5.74) is 7.02. The summed E-state index contributed by atoms with van der Waals surface area (Å²) in [6.07, 6.45) is 2.94. The number of hydrogen-bond donors (Lipinski definition) is 1. The Morgan fingerprint density at radius 3 is 2.67 bits per heavy atom. The molecule has 0 radical (unpaired) electrons. The smallest absolute Gasteiger partial charge is 0.330 e. The average molecular weight is 207 g/mol. The summed E-state index contributed by atoms with van der Waals surface area (Å²) in [5, 5.41) is 0. The van der Waals surface area contributed by atoms with E-state index in [2.05, 4.69) is 4.74 Å². The van der Waals surface area contributed by atoms with Gasteiger partial charge in [0.15, 0.2) is 0 Å². The van der Waals surface area contributed by atoms with Crippen LogP contribution in [0.4, 0.5) is 5.69 Å². The Kier molecular flexibility index (Phi) is 3.74. The summed E-state index contributed by atoms with van der Waals surface area (Å²) in [6, 6.07) is 5.22. The van der Waals surface area contributed by atoms with Crippen LogP contribution in [-0.4, -0.2) is 20.2 Å². The summed E-state index contributed by atoms with van der Waals surface area (Å²) in [6.45, 7) is 0. The van der Waals surface area contributed by atoms with Crippen molar-refractivity contribution in [2.45, 2.75) is 0 Å². The van der Waals surface area contributed by atoms with Crippen molar-refractivity contribution in [3.05, 3.63) is 29.8 Å². The molecule has 0 aliphatic heterocycles. The van der Waals surface area contributed by atoms with E-state index in [0.717, 1.165) is 5.56 Å². The second kappa shape index (κ2) is 5.05. The molecule has 0 amide bonds. The van der Waals surface area contributed by atoms with Crippen LogP contribution in [-0.2, 0) is 9.53 Å². The van der Waals surface area contributed by atoms with Gasteiger partial charge < -0.3 is 15.2 Å². The number of nitrogen functional groups attached to an aromatic ring is 1. The minimum absolute atomic E-state index is 0.406. The topological polar surface area (TPSA) is 61.5 Å². The summed E-state index contributed by atoms with van der Waals surface area (Å²) in [7, 11) is 2.88. The van der Waals surface area contributed by atoms with Crippen molar-refractivity contribution in [1.29, 1.82) is 0 Å². The van der Waals surface area contributed by atoms with Gasteiger partial charge in [-0.05, 0) is 23.8 Å². The van der Waals surface area contributed by atoms with E-state index in [0.29, 0.717) is 11.4 Å². The fourth-order valence-corrected chi connectivity index (χ4v) is 1.09. The van der Waals surface area contributed by atoms with Crippen molar-refractivity contribution in [2.24, 2.45) is 0 Å². The second-order valence-corrected chi connectivity index (χ2v) is 2.90. The Morgan fingerprint density at radius 1 is 1.33 bits per heavy atom. The first-order valence-electron chi connectivity index (χ1n) is 4.36. The second-order valence-electron chi connectivity index (χ2n) is 2.90. The maximum absolute atomic E-state index is 10.9. The molecule has 0 aliphatic carbocycles. The van der Waals surface area contributed by atoms with Crippen LogP contribution in [0.3, 0.4) is 0 Å². The molecule has 4 nitrogen and oxygen atoms in total. The maximum atomic E-state index is 10.9. The zero-order valence-electron chi connectivity index (χ0n) is 8.69. The maximum Gasteiger partial charge on any atom is 0.330 e. The third kappa shape index (κ3) is 3.34. The molecule has 1 rings (SSSR count). The fourth-order valence-electron chi connectivity index (χ4n) is 1.09. The van der Waals surface area contributed by atoms with Crippen molar-refractivity contribution in [3.8, 4) is 5.75 Å². The van der Waals surface area contributed by atoms with Gasteiger partial charge in [-0.2, -0.15) is 0 Å². The molecular weight excluding hydrogens is 194 g/mol. The zero-order chi connectivity index (χ0) is 11.3. The first-order chi connectivity index (χ1) is 7.15. The normalized spacial score (nSPS) is 10.3. The minimum Gasteiger partial charge on any atom is -0.497 e. The number of esters is 1. The van der Waals surface area contributed by atoms with Crippen LogP contribution < -0.4 is 10.5 Å². The van der Waals surface area contributed by atoms with Crippen LogP contribution in [0.5, 0.6) is 5.75 Å². The monoisotopic (exact) mass is 207 g/mol. The average Bonchev–Trinajstić information content (AvgIpc) is 2.25. The van der Waals surface area contributed by atoms with Crippen LogP contribution in [0.25, 0.3) is 6.08 Å². The molecule has 0 aliphatic rings. The number of methoxy groups -OCH3 is 2. The lowest BCUT2D eigenvalue weighted by molar-refractivity contribution is -0.134. The Labute approximate surface area is 88.3 Å². The number of anilines is 1. The molecule has 80 valence electrons. The minimum atomic E-state index is -0.406. The number of carbonyl (C=O) groups excluding carboxylic acids is 1. The number of nitrogens with two attached hydrogens (primary N) is 1. The van der Waals surface area contributed by atoms with Crippen molar-refractivity contribution < 1.29 is 14.3 Å². The van der Waals surface area contributed by atoms with Gasteiger partial charge >= 0.3 is 5.97 Å². The van der Waals surface area contributed by atoms with E-state index < -0.39 is 5.97 Å². The quantitative estimate of drug-likeness (QED) is 0.463. The van der Waals surface area contributed by atoms with Crippen molar-refractivity contribution in [2.75, 3.05) is 20.0 Å². The first kappa shape index (κ1) is 11.1. The number of carbonyl (C=O) groups is 1. The summed E-state index contributed by atoms with van der Waals surface area (Å²) in [4.78, 5) is 10.9. The van der Waals surface area contributed by atoms with Crippen molar-refractivity contribution in [1.82, 2.24) is 0 Å². The van der Waals surface area contributed by atoms with Gasteiger partial charge in [0.1, 0.15) is 5.75 Å². The Morgan fingerprint density at radius 2 is 2.07 bits per heavy atom. The van der Waals surface area contributed by atoms with E-state index in [1.807, 2.05) is 0 Å². The molecule has 0 spiro atoms. The molecule has 0 aromatic heterocycles. The van der Waals surface area contributed by atoms with Gasteiger partial charge in [0.05, 0.1) is 14.2 Å². The van der Waals surface area contributed by atoms with Crippen LogP contribution in [0.2, 0.25) is 0 Å². The van der Waals surface area contributed by atoms with E-state index in [9.17, 15) is 4.79 Å². The highest BCUT2D eigenvalue weighted by Gasteiger charge is 1.97. The lowest BCUT2D eigenvalue weighted by Crippen LogP contribution is -1.94. The number of benzene rings is 1. The van der Waals surface area contributed by atoms with Crippen LogP contribution in [0.15, 0.2) is 24.3 Å². The largest absolute Gasteiger partial charge is 0.497 e. The molecule has 1 aromatic rings. The van der Waals surface area contributed by atoms with E-state index >= 15 is 0 Å². The van der Waals surface area contributed by atoms with E-state index in [4.69, 9.17) is 10.5 Å². The Hall–Kier alpha value is -1.97. The standard InChI is InChI=1S/C11H13NO3/c1-14-10-6-8(5-9(12)7-10)3-4-11(13)15-2/h3-7H,12H2,1-2H3. The predicted octanol–water partition coefficient (Wildman–Crippen LogP) is 1.46. The fraction of sp³-hybridized carbons (Fsp3) is 0.182. The zero-order valence-corrected chi connectivity index (χ0v) is 8.69. The molecule has 0 fully saturated rings. The van der Waals surface area contributed by atoms with Crippen molar-refractivity contribution >= 4 is 17.7 Å². The molecule has 4 heteroatoms. The molecule has 0 atom stereocenters. The number of ether oxygens (including phenoxy) is 2. The SMILES string of the molecule is COC(=O)C=Cc1cc(N)cc(OC)c1. The summed E-state index contributed by atoms with van der Waals surface area (Å²) >= 11 is 0. The van der Waals surface area contributed by atoms with Gasteiger partial charge in [-0.25, -0.2) is 4.79 Å². The molecule has 0 bridgehead atoms. The molecule has 0 unspecified atom stereocenters. The van der Waals surface area contributed by atoms with Crippen LogP contribution in [0.1, 0.15) is 5.56 Å². The Bertz CT molecular complexity index is 385. The highest BCUT2D eigenvalue weighted by Crippen LogP contribution is 2.19. The third-order valence-corrected chi connectivity index (χ3v) is 1.80. The third-order valence-electron chi connectivity index (χ3n) is 1.80. The van der Waals surface area contributed by atoms with E-state index in [1.165, 1.54) is 13.2 Å². The lowest BCUT2D eigenvalue weighted by atomic mass is 10.2. The van der Waals surface area contributed by atoms with Gasteiger partial charge in [-0.15, -0.1) is 0 Å². The molecule has 0 saturated heterocycles. The highest BCUT2D eigenvalue weighted by molar-refractivity contribution is 5.87. The lowest BCUT2D eigenvalue weighted by Gasteiger charge is -2.02. The molecular formula is C11H13NO3. The van der Waals surface area contributed by atoms with E-state index in [1.54, 1.807) is 31.4 Å². The molecule has 2 N–H and O–H groups in total. The molecule has 1 aromatic carbocycles. The molecule has 15 heavy (non-hydrogen) atoms. The molecule has 0 saturated carbocycles. The van der Waals surface area contributed by atoms with Crippen LogP contribution in [0, 0.1) is 0 Å². The van der Waals surface area contributed by atoms with Gasteiger partial charge in [0, 0.05) is 17.8 Å². The first-order valence-corrected chi connectivity index (χ1v) is 4.36. The number of hydrogen-bond acceptors (Lipinski definition) is 4. The van der Waals surface area contributed by atoms with Crippen molar-refractivity contribution in [3.63, 3.8) is 0 Å². The highest BCUT2D eigenvalue weighted by atomic mass is 16.5. The number of rotatable bonds is 3. The van der Waals surface area contributed by atoms with Crippen LogP contribution >= 0.6 is 0 Å². The Balaban J connectivity index is 2.90. The summed E-state index contributed by atoms with van der Waals surface area (Å²) < 4.78 is 9.51. The van der Waals surface area contributed by atoms with Gasteiger partial charge in [0.25, 0.3) is 0 Å². The predicted molar refractivity (Wildman–Crippen MR) is 58.5 cm³/mol. The molecule has 0 heterocycles. The van der Waals surface area contributed by atoms with Gasteiger partial charge in [-0.1, -0.05) is 0 Å².